The molecule has 1 aromatic rings. The van der Waals surface area contributed by atoms with Crippen molar-refractivity contribution in [2.24, 2.45) is 0 Å². The Morgan fingerprint density at radius 1 is 1.43 bits per heavy atom. The minimum atomic E-state index is -4.62. The number of Topliss-reactive ketones (excluding diaryl/α,β-unsaturated/α-hetero) is 1. The highest BCUT2D eigenvalue weighted by atomic mass is 32.2. The Balaban J connectivity index is 3.51. The molecular formula is C8H7FO4S. The third-order valence-electron chi connectivity index (χ3n) is 1.62. The van der Waals surface area contributed by atoms with Crippen LogP contribution < -0.4 is 0 Å². The first-order valence-electron chi connectivity index (χ1n) is 3.61. The maximum Gasteiger partial charge on any atom is 0.297 e. The number of halogens is 1. The first-order chi connectivity index (χ1) is 6.34. The average molecular weight is 218 g/mol. The van der Waals surface area contributed by atoms with Crippen molar-refractivity contribution >= 4 is 15.9 Å². The molecule has 0 heterocycles. The fraction of sp³-hybridized carbons (Fsp3) is 0.125. The maximum atomic E-state index is 13.3. The summed E-state index contributed by atoms with van der Waals surface area (Å²) in [6, 6.07) is 3.21. The number of rotatable bonds is 2. The molecule has 0 aliphatic heterocycles. The van der Waals surface area contributed by atoms with Crippen LogP contribution in [0.4, 0.5) is 4.39 Å². The van der Waals surface area contributed by atoms with Crippen LogP contribution in [0.1, 0.15) is 17.3 Å². The summed E-state index contributed by atoms with van der Waals surface area (Å²) in [4.78, 5) is 9.94. The minimum absolute atomic E-state index is 0.361. The summed E-state index contributed by atoms with van der Waals surface area (Å²) in [5, 5.41) is 0. The number of ketones is 1. The molecule has 0 saturated carbocycles. The lowest BCUT2D eigenvalue weighted by Gasteiger charge is -2.02. The second-order valence-electron chi connectivity index (χ2n) is 2.65. The summed E-state index contributed by atoms with van der Waals surface area (Å²) in [6.07, 6.45) is 0. The number of carbonyl (C=O) groups is 1. The Morgan fingerprint density at radius 3 is 2.43 bits per heavy atom. The van der Waals surface area contributed by atoms with Gasteiger partial charge in [-0.15, -0.1) is 0 Å². The van der Waals surface area contributed by atoms with Gasteiger partial charge in [0.2, 0.25) is 0 Å². The summed E-state index contributed by atoms with van der Waals surface area (Å²) in [5.41, 5.74) is -0.361. The van der Waals surface area contributed by atoms with E-state index in [1.807, 2.05) is 0 Å². The van der Waals surface area contributed by atoms with E-state index in [1.54, 1.807) is 0 Å². The van der Waals surface area contributed by atoms with Crippen molar-refractivity contribution in [2.75, 3.05) is 0 Å². The topological polar surface area (TPSA) is 71.4 Å². The van der Waals surface area contributed by atoms with E-state index >= 15 is 0 Å². The molecule has 0 aliphatic carbocycles. The fourth-order valence-corrected chi connectivity index (χ4v) is 1.57. The number of carbonyl (C=O) groups excluding carboxylic acids is 1. The summed E-state index contributed by atoms with van der Waals surface area (Å²) < 4.78 is 43.1. The van der Waals surface area contributed by atoms with Gasteiger partial charge in [-0.3, -0.25) is 9.35 Å². The summed E-state index contributed by atoms with van der Waals surface area (Å²) in [5.74, 6) is -1.82. The van der Waals surface area contributed by atoms with Crippen molar-refractivity contribution in [3.05, 3.63) is 29.6 Å². The highest BCUT2D eigenvalue weighted by Gasteiger charge is 2.19. The van der Waals surface area contributed by atoms with Gasteiger partial charge in [0.1, 0.15) is 4.90 Å². The van der Waals surface area contributed by atoms with Crippen molar-refractivity contribution in [3.8, 4) is 0 Å². The van der Waals surface area contributed by atoms with Crippen molar-refractivity contribution < 1.29 is 22.2 Å². The standard InChI is InChI=1S/C8H7FO4S/c1-5(10)6-3-2-4-7(8(6)9)14(11,12)13/h2-4H,1H3,(H,11,12,13). The van der Waals surface area contributed by atoms with E-state index in [9.17, 15) is 17.6 Å². The van der Waals surface area contributed by atoms with Gasteiger partial charge in [-0.1, -0.05) is 6.07 Å². The van der Waals surface area contributed by atoms with Crippen molar-refractivity contribution in [1.29, 1.82) is 0 Å². The molecule has 0 saturated heterocycles. The van der Waals surface area contributed by atoms with Crippen LogP contribution in [0.25, 0.3) is 0 Å². The third kappa shape index (κ3) is 1.97. The SMILES string of the molecule is CC(=O)c1cccc(S(=O)(=O)O)c1F. The van der Waals surface area contributed by atoms with Crippen LogP contribution in [-0.2, 0) is 10.1 Å². The van der Waals surface area contributed by atoms with E-state index in [-0.39, 0.29) is 5.56 Å². The predicted molar refractivity (Wildman–Crippen MR) is 46.2 cm³/mol. The van der Waals surface area contributed by atoms with E-state index < -0.39 is 26.6 Å². The Bertz CT molecular complexity index is 478. The summed E-state index contributed by atoms with van der Waals surface area (Å²) >= 11 is 0. The molecule has 0 spiro atoms. The molecule has 1 N–H and O–H groups in total. The zero-order valence-electron chi connectivity index (χ0n) is 7.19. The van der Waals surface area contributed by atoms with Crippen LogP contribution in [0.3, 0.4) is 0 Å². The van der Waals surface area contributed by atoms with Gasteiger partial charge in [0.05, 0.1) is 5.56 Å². The van der Waals surface area contributed by atoms with Gasteiger partial charge in [-0.2, -0.15) is 8.42 Å². The van der Waals surface area contributed by atoms with Crippen LogP contribution in [0.15, 0.2) is 23.1 Å². The number of hydrogen-bond donors (Lipinski definition) is 1. The van der Waals surface area contributed by atoms with E-state index in [0.29, 0.717) is 0 Å². The highest BCUT2D eigenvalue weighted by Crippen LogP contribution is 2.17. The lowest BCUT2D eigenvalue weighted by molar-refractivity contribution is 0.101. The van der Waals surface area contributed by atoms with Gasteiger partial charge in [-0.25, -0.2) is 4.39 Å². The van der Waals surface area contributed by atoms with E-state index in [4.69, 9.17) is 4.55 Å². The molecule has 4 nitrogen and oxygen atoms in total. The molecule has 6 heteroatoms. The molecule has 0 atom stereocenters. The van der Waals surface area contributed by atoms with Gasteiger partial charge < -0.3 is 0 Å². The molecule has 0 aliphatic rings. The van der Waals surface area contributed by atoms with Crippen molar-refractivity contribution in [1.82, 2.24) is 0 Å². The smallest absolute Gasteiger partial charge is 0.294 e. The monoisotopic (exact) mass is 218 g/mol. The molecule has 1 aromatic carbocycles. The molecule has 0 radical (unpaired) electrons. The molecule has 0 bridgehead atoms. The second-order valence-corrected chi connectivity index (χ2v) is 4.04. The average Bonchev–Trinajstić information content (AvgIpc) is 2.01. The van der Waals surface area contributed by atoms with Crippen molar-refractivity contribution in [3.63, 3.8) is 0 Å². The first-order valence-corrected chi connectivity index (χ1v) is 5.05. The lowest BCUT2D eigenvalue weighted by Crippen LogP contribution is -2.06. The van der Waals surface area contributed by atoms with E-state index in [1.165, 1.54) is 6.07 Å². The quantitative estimate of drug-likeness (QED) is 0.599. The molecule has 0 aromatic heterocycles. The Morgan fingerprint density at radius 2 is 2.00 bits per heavy atom. The predicted octanol–water partition coefficient (Wildman–Crippen LogP) is 1.28. The molecule has 0 unspecified atom stereocenters. The number of hydrogen-bond acceptors (Lipinski definition) is 3. The highest BCUT2D eigenvalue weighted by molar-refractivity contribution is 7.85. The van der Waals surface area contributed by atoms with Crippen LogP contribution in [0, 0.1) is 5.82 Å². The van der Waals surface area contributed by atoms with Crippen molar-refractivity contribution in [2.45, 2.75) is 11.8 Å². The molecule has 0 fully saturated rings. The second kappa shape index (κ2) is 3.47. The van der Waals surface area contributed by atoms with Crippen LogP contribution in [0.2, 0.25) is 0 Å². The van der Waals surface area contributed by atoms with E-state index in [2.05, 4.69) is 0 Å². The first kappa shape index (κ1) is 10.8. The van der Waals surface area contributed by atoms with Crippen LogP contribution in [0.5, 0.6) is 0 Å². The fourth-order valence-electron chi connectivity index (χ4n) is 0.982. The van der Waals surface area contributed by atoms with E-state index in [0.717, 1.165) is 19.1 Å². The Labute approximate surface area is 80.1 Å². The third-order valence-corrected chi connectivity index (χ3v) is 2.49. The van der Waals surface area contributed by atoms with Crippen LogP contribution in [-0.4, -0.2) is 18.8 Å². The van der Waals surface area contributed by atoms with Gasteiger partial charge in [0.15, 0.2) is 11.6 Å². The zero-order valence-corrected chi connectivity index (χ0v) is 8.01. The van der Waals surface area contributed by atoms with Gasteiger partial charge in [0.25, 0.3) is 10.1 Å². The largest absolute Gasteiger partial charge is 0.297 e. The normalized spacial score (nSPS) is 11.4. The van der Waals surface area contributed by atoms with Gasteiger partial charge in [-0.05, 0) is 19.1 Å². The molecule has 14 heavy (non-hydrogen) atoms. The maximum absolute atomic E-state index is 13.3. The Hall–Kier alpha value is -1.27. The zero-order chi connectivity index (χ0) is 10.9. The molecule has 1 rings (SSSR count). The van der Waals surface area contributed by atoms with Gasteiger partial charge >= 0.3 is 0 Å². The minimum Gasteiger partial charge on any atom is -0.294 e. The molecular weight excluding hydrogens is 211 g/mol. The lowest BCUT2D eigenvalue weighted by atomic mass is 10.1. The molecule has 76 valence electrons. The van der Waals surface area contributed by atoms with Gasteiger partial charge in [0, 0.05) is 0 Å². The Kier molecular flexibility index (Phi) is 2.68. The van der Waals surface area contributed by atoms with Crippen LogP contribution >= 0.6 is 0 Å². The summed E-state index contributed by atoms with van der Waals surface area (Å²) in [7, 11) is -4.62. The number of benzene rings is 1. The molecule has 0 amide bonds. The summed E-state index contributed by atoms with van der Waals surface area (Å²) in [6.45, 7) is 1.10.